The van der Waals surface area contributed by atoms with Crippen LogP contribution in [-0.2, 0) is 4.79 Å². The third-order valence-electron chi connectivity index (χ3n) is 2.37. The fraction of sp³-hybridized carbons (Fsp3) is 0. The topological polar surface area (TPSA) is 46.2 Å². The molecule has 0 heterocycles. The molecule has 0 bridgehead atoms. The first-order valence-corrected chi connectivity index (χ1v) is 5.62. The van der Waals surface area contributed by atoms with Gasteiger partial charge in [-0.25, -0.2) is 0 Å². The Morgan fingerprint density at radius 1 is 1.00 bits per heavy atom. The molecular formula is C14H9ClNO2. The van der Waals surface area contributed by atoms with E-state index in [1.165, 1.54) is 0 Å². The number of carbonyl (C=O) groups excluding carboxylic acids is 2. The SMILES string of the molecule is O=[C]c1ccc(C(=O)Nc2ccc(Cl)cc2)cc1. The summed E-state index contributed by atoms with van der Waals surface area (Å²) in [4.78, 5) is 22.2. The van der Waals surface area contributed by atoms with Crippen LogP contribution >= 0.6 is 11.6 Å². The lowest BCUT2D eigenvalue weighted by molar-refractivity contribution is 0.102. The van der Waals surface area contributed by atoms with Crippen molar-refractivity contribution in [3.05, 3.63) is 64.7 Å². The van der Waals surface area contributed by atoms with Gasteiger partial charge in [-0.3, -0.25) is 9.59 Å². The van der Waals surface area contributed by atoms with Crippen molar-refractivity contribution in [2.75, 3.05) is 5.32 Å². The summed E-state index contributed by atoms with van der Waals surface area (Å²) < 4.78 is 0. The van der Waals surface area contributed by atoms with Gasteiger partial charge in [0.1, 0.15) is 0 Å². The van der Waals surface area contributed by atoms with E-state index in [9.17, 15) is 9.59 Å². The monoisotopic (exact) mass is 258 g/mol. The number of amides is 1. The van der Waals surface area contributed by atoms with Crippen LogP contribution in [0.25, 0.3) is 0 Å². The van der Waals surface area contributed by atoms with Gasteiger partial charge in [-0.1, -0.05) is 23.7 Å². The van der Waals surface area contributed by atoms with Crippen molar-refractivity contribution in [1.82, 2.24) is 0 Å². The first kappa shape index (κ1) is 12.3. The number of rotatable bonds is 3. The molecule has 1 amide bonds. The van der Waals surface area contributed by atoms with E-state index in [0.717, 1.165) is 0 Å². The molecule has 0 spiro atoms. The summed E-state index contributed by atoms with van der Waals surface area (Å²) in [7, 11) is 0. The molecule has 0 aliphatic rings. The Bertz CT molecular complexity index is 561. The predicted molar refractivity (Wildman–Crippen MR) is 70.6 cm³/mol. The smallest absolute Gasteiger partial charge is 0.255 e. The molecule has 89 valence electrons. The van der Waals surface area contributed by atoms with Gasteiger partial charge in [-0.05, 0) is 36.4 Å². The maximum absolute atomic E-state index is 11.9. The molecule has 1 radical (unpaired) electrons. The Hall–Kier alpha value is -2.13. The van der Waals surface area contributed by atoms with E-state index in [1.807, 2.05) is 0 Å². The lowest BCUT2D eigenvalue weighted by atomic mass is 10.1. The average molecular weight is 259 g/mol. The molecule has 0 unspecified atom stereocenters. The second-order valence-corrected chi connectivity index (χ2v) is 4.08. The summed E-state index contributed by atoms with van der Waals surface area (Å²) in [6.07, 6.45) is 1.75. The summed E-state index contributed by atoms with van der Waals surface area (Å²) in [5.41, 5.74) is 1.55. The van der Waals surface area contributed by atoms with E-state index in [4.69, 9.17) is 11.6 Å². The Morgan fingerprint density at radius 2 is 1.61 bits per heavy atom. The van der Waals surface area contributed by atoms with Gasteiger partial charge in [0, 0.05) is 21.8 Å². The van der Waals surface area contributed by atoms with Crippen LogP contribution in [0, 0.1) is 0 Å². The second kappa shape index (κ2) is 5.47. The number of nitrogens with one attached hydrogen (secondary N) is 1. The van der Waals surface area contributed by atoms with Crippen molar-refractivity contribution in [3.8, 4) is 0 Å². The zero-order valence-corrected chi connectivity index (χ0v) is 10.1. The zero-order chi connectivity index (χ0) is 13.0. The van der Waals surface area contributed by atoms with Crippen LogP contribution in [0.15, 0.2) is 48.5 Å². The van der Waals surface area contributed by atoms with Gasteiger partial charge >= 0.3 is 0 Å². The maximum Gasteiger partial charge on any atom is 0.255 e. The largest absolute Gasteiger partial charge is 0.322 e. The van der Waals surface area contributed by atoms with Crippen LogP contribution in [0.1, 0.15) is 15.9 Å². The van der Waals surface area contributed by atoms with Crippen molar-refractivity contribution in [3.63, 3.8) is 0 Å². The van der Waals surface area contributed by atoms with E-state index >= 15 is 0 Å². The highest BCUT2D eigenvalue weighted by Gasteiger charge is 2.05. The van der Waals surface area contributed by atoms with Crippen molar-refractivity contribution < 1.29 is 9.59 Å². The van der Waals surface area contributed by atoms with Crippen LogP contribution in [0.5, 0.6) is 0 Å². The summed E-state index contributed by atoms with van der Waals surface area (Å²) >= 11 is 5.75. The summed E-state index contributed by atoms with van der Waals surface area (Å²) in [5.74, 6) is -0.241. The van der Waals surface area contributed by atoms with E-state index < -0.39 is 0 Å². The average Bonchev–Trinajstić information content (AvgIpc) is 2.41. The molecule has 0 aliphatic heterocycles. The quantitative estimate of drug-likeness (QED) is 0.920. The number of hydrogen-bond donors (Lipinski definition) is 1. The lowest BCUT2D eigenvalue weighted by Gasteiger charge is -2.05. The predicted octanol–water partition coefficient (Wildman–Crippen LogP) is 3.05. The number of benzene rings is 2. The summed E-state index contributed by atoms with van der Waals surface area (Å²) in [5, 5.41) is 3.34. The van der Waals surface area contributed by atoms with E-state index in [0.29, 0.717) is 21.8 Å². The molecule has 2 aromatic carbocycles. The standard InChI is InChI=1S/C14H9ClNO2/c15-12-5-7-13(8-6-12)16-14(18)11-3-1-10(9-17)2-4-11/h1-8H,(H,16,18). The van der Waals surface area contributed by atoms with Crippen LogP contribution in [-0.4, -0.2) is 12.2 Å². The van der Waals surface area contributed by atoms with Gasteiger partial charge in [-0.15, -0.1) is 0 Å². The minimum atomic E-state index is -0.241. The molecule has 4 heteroatoms. The first-order valence-electron chi connectivity index (χ1n) is 5.24. The molecule has 0 fully saturated rings. The molecule has 2 rings (SSSR count). The van der Waals surface area contributed by atoms with E-state index in [2.05, 4.69) is 5.32 Å². The van der Waals surface area contributed by atoms with E-state index in [-0.39, 0.29) is 5.91 Å². The molecule has 3 nitrogen and oxygen atoms in total. The zero-order valence-electron chi connectivity index (χ0n) is 9.31. The maximum atomic E-state index is 11.9. The normalized spacial score (nSPS) is 9.83. The molecule has 0 saturated carbocycles. The van der Waals surface area contributed by atoms with Gasteiger partial charge in [0.2, 0.25) is 6.29 Å². The molecule has 0 atom stereocenters. The number of anilines is 1. The number of carbonyl (C=O) groups is 1. The molecule has 0 aliphatic carbocycles. The first-order chi connectivity index (χ1) is 8.69. The molecule has 0 saturated heterocycles. The van der Waals surface area contributed by atoms with Crippen LogP contribution < -0.4 is 5.32 Å². The molecule has 1 N–H and O–H groups in total. The van der Waals surface area contributed by atoms with Gasteiger partial charge < -0.3 is 5.32 Å². The van der Waals surface area contributed by atoms with Crippen molar-refractivity contribution >= 4 is 29.5 Å². The third-order valence-corrected chi connectivity index (χ3v) is 2.62. The fourth-order valence-electron chi connectivity index (χ4n) is 1.43. The second-order valence-electron chi connectivity index (χ2n) is 3.64. The molecule has 18 heavy (non-hydrogen) atoms. The highest BCUT2D eigenvalue weighted by atomic mass is 35.5. The summed E-state index contributed by atoms with van der Waals surface area (Å²) in [6, 6.07) is 13.1. The Labute approximate surface area is 109 Å². The molecular weight excluding hydrogens is 250 g/mol. The Morgan fingerprint density at radius 3 is 2.17 bits per heavy atom. The minimum Gasteiger partial charge on any atom is -0.322 e. The lowest BCUT2D eigenvalue weighted by Crippen LogP contribution is -2.11. The summed E-state index contributed by atoms with van der Waals surface area (Å²) in [6.45, 7) is 0. The van der Waals surface area contributed by atoms with Crippen molar-refractivity contribution in [2.24, 2.45) is 0 Å². The van der Waals surface area contributed by atoms with Crippen LogP contribution in [0.3, 0.4) is 0 Å². The molecule has 0 aromatic heterocycles. The number of halogens is 1. The Balaban J connectivity index is 2.11. The van der Waals surface area contributed by atoms with Crippen LogP contribution in [0.4, 0.5) is 5.69 Å². The van der Waals surface area contributed by atoms with Gasteiger partial charge in [0.05, 0.1) is 0 Å². The number of hydrogen-bond acceptors (Lipinski definition) is 2. The van der Waals surface area contributed by atoms with Gasteiger partial charge in [-0.2, -0.15) is 0 Å². The Kier molecular flexibility index (Phi) is 3.75. The van der Waals surface area contributed by atoms with Gasteiger partial charge in [0.25, 0.3) is 5.91 Å². The van der Waals surface area contributed by atoms with Crippen molar-refractivity contribution in [1.29, 1.82) is 0 Å². The molecule has 2 aromatic rings. The fourth-order valence-corrected chi connectivity index (χ4v) is 1.55. The van der Waals surface area contributed by atoms with E-state index in [1.54, 1.807) is 54.8 Å². The highest BCUT2D eigenvalue weighted by molar-refractivity contribution is 6.30. The van der Waals surface area contributed by atoms with Gasteiger partial charge in [0.15, 0.2) is 0 Å². The highest BCUT2D eigenvalue weighted by Crippen LogP contribution is 2.14. The van der Waals surface area contributed by atoms with Crippen LogP contribution in [0.2, 0.25) is 5.02 Å². The van der Waals surface area contributed by atoms with Crippen molar-refractivity contribution in [2.45, 2.75) is 0 Å². The third kappa shape index (κ3) is 2.96. The minimum absolute atomic E-state index is 0.241.